The van der Waals surface area contributed by atoms with Crippen molar-refractivity contribution in [2.24, 2.45) is 5.73 Å². The lowest BCUT2D eigenvalue weighted by Gasteiger charge is -2.34. The smallest absolute Gasteiger partial charge is 0.141 e. The number of piperidine rings is 1. The second-order valence-corrected chi connectivity index (χ2v) is 6.80. The zero-order valence-corrected chi connectivity index (χ0v) is 13.4. The third kappa shape index (κ3) is 2.32. The van der Waals surface area contributed by atoms with Crippen LogP contribution in [-0.2, 0) is 0 Å². The van der Waals surface area contributed by atoms with Crippen LogP contribution in [-0.4, -0.2) is 42.2 Å². The highest BCUT2D eigenvalue weighted by Crippen LogP contribution is 2.40. The van der Waals surface area contributed by atoms with Crippen LogP contribution in [0.4, 0.5) is 11.4 Å². The van der Waals surface area contributed by atoms with E-state index in [9.17, 15) is 0 Å². The minimum Gasteiger partial charge on any atom is -0.370 e. The van der Waals surface area contributed by atoms with Crippen LogP contribution in [0.3, 0.4) is 0 Å². The second kappa shape index (κ2) is 5.63. The molecule has 5 nitrogen and oxygen atoms in total. The number of H-pyrrole nitrogens is 1. The molecule has 6 heteroatoms. The minimum atomic E-state index is 0.224. The van der Waals surface area contributed by atoms with Crippen molar-refractivity contribution in [1.29, 1.82) is 0 Å². The van der Waals surface area contributed by atoms with Crippen molar-refractivity contribution in [3.8, 4) is 0 Å². The monoisotopic (exact) mass is 319 g/mol. The Kier molecular flexibility index (Phi) is 3.62. The lowest BCUT2D eigenvalue weighted by molar-refractivity contribution is 0.507. The fraction of sp³-hybridized carbons (Fsp3) is 0.562. The number of hydrogen-bond donors (Lipinski definition) is 2. The minimum absolute atomic E-state index is 0.224. The molecule has 118 valence electrons. The molecule has 0 spiro atoms. The number of nitrogens with one attached hydrogen (secondary N) is 1. The van der Waals surface area contributed by atoms with Gasteiger partial charge in [-0.15, -0.1) is 0 Å². The molecule has 2 fully saturated rings. The first kappa shape index (κ1) is 14.2. The van der Waals surface area contributed by atoms with E-state index in [0.717, 1.165) is 60.8 Å². The summed E-state index contributed by atoms with van der Waals surface area (Å²) in [6.07, 6.45) is 8.55. The maximum absolute atomic E-state index is 6.54. The Morgan fingerprint density at radius 2 is 1.95 bits per heavy atom. The van der Waals surface area contributed by atoms with Gasteiger partial charge in [0.15, 0.2) is 0 Å². The highest BCUT2D eigenvalue weighted by molar-refractivity contribution is 6.35. The number of anilines is 2. The van der Waals surface area contributed by atoms with Gasteiger partial charge >= 0.3 is 0 Å². The Hall–Kier alpha value is -1.46. The summed E-state index contributed by atoms with van der Waals surface area (Å²) in [6, 6.07) is 0.224. The highest BCUT2D eigenvalue weighted by atomic mass is 35.5. The van der Waals surface area contributed by atoms with Gasteiger partial charge < -0.3 is 20.5 Å². The first-order valence-electron chi connectivity index (χ1n) is 8.15. The zero-order valence-electron chi connectivity index (χ0n) is 12.7. The summed E-state index contributed by atoms with van der Waals surface area (Å²) in [6.45, 7) is 4.09. The van der Waals surface area contributed by atoms with Gasteiger partial charge in [0.2, 0.25) is 0 Å². The molecular weight excluding hydrogens is 298 g/mol. The van der Waals surface area contributed by atoms with Crippen LogP contribution in [0.25, 0.3) is 11.0 Å². The van der Waals surface area contributed by atoms with Crippen molar-refractivity contribution < 1.29 is 0 Å². The van der Waals surface area contributed by atoms with Crippen LogP contribution in [0.1, 0.15) is 25.7 Å². The summed E-state index contributed by atoms with van der Waals surface area (Å²) in [4.78, 5) is 12.6. The average Bonchev–Trinajstić information content (AvgIpc) is 3.15. The molecule has 0 aromatic carbocycles. The fourth-order valence-electron chi connectivity index (χ4n) is 3.77. The number of nitrogens with zero attached hydrogens (tertiary/aromatic N) is 3. The molecule has 4 rings (SSSR count). The first-order chi connectivity index (χ1) is 10.7. The van der Waals surface area contributed by atoms with Crippen molar-refractivity contribution >= 4 is 34.0 Å². The van der Waals surface area contributed by atoms with Gasteiger partial charge in [0, 0.05) is 38.4 Å². The summed E-state index contributed by atoms with van der Waals surface area (Å²) in [5.74, 6) is 0. The SMILES string of the molecule is N[C@@H]1CCCN(c2c(Cl)cnc3[nH]cc(N4CCCC4)c23)C1. The van der Waals surface area contributed by atoms with E-state index in [2.05, 4.69) is 26.0 Å². The molecule has 2 aliphatic rings. The van der Waals surface area contributed by atoms with E-state index in [1.165, 1.54) is 18.5 Å². The fourth-order valence-corrected chi connectivity index (χ4v) is 4.03. The summed E-state index contributed by atoms with van der Waals surface area (Å²) in [7, 11) is 0. The van der Waals surface area contributed by atoms with Crippen LogP contribution >= 0.6 is 11.6 Å². The summed E-state index contributed by atoms with van der Waals surface area (Å²) >= 11 is 6.54. The number of pyridine rings is 1. The van der Waals surface area contributed by atoms with Crippen molar-refractivity contribution in [1.82, 2.24) is 9.97 Å². The Balaban J connectivity index is 1.84. The topological polar surface area (TPSA) is 61.2 Å². The standard InChI is InChI=1S/C16H22ClN5/c17-12-8-19-16-14(13(9-20-16)21-5-1-2-6-21)15(12)22-7-3-4-11(18)10-22/h8-9,11H,1-7,10,18H2,(H,19,20)/t11-/m1/s1. The van der Waals surface area contributed by atoms with E-state index >= 15 is 0 Å². The summed E-state index contributed by atoms with van der Waals surface area (Å²) in [5.41, 5.74) is 9.43. The lowest BCUT2D eigenvalue weighted by Crippen LogP contribution is -2.43. The van der Waals surface area contributed by atoms with Gasteiger partial charge in [-0.3, -0.25) is 0 Å². The van der Waals surface area contributed by atoms with Crippen molar-refractivity contribution in [3.63, 3.8) is 0 Å². The van der Waals surface area contributed by atoms with Gasteiger partial charge in [-0.2, -0.15) is 0 Å². The van der Waals surface area contributed by atoms with Gasteiger partial charge in [-0.05, 0) is 25.7 Å². The molecule has 0 saturated carbocycles. The molecule has 0 bridgehead atoms. The molecule has 1 atom stereocenters. The lowest BCUT2D eigenvalue weighted by atomic mass is 10.1. The maximum atomic E-state index is 6.54. The van der Waals surface area contributed by atoms with Crippen LogP contribution < -0.4 is 15.5 Å². The van der Waals surface area contributed by atoms with E-state index < -0.39 is 0 Å². The van der Waals surface area contributed by atoms with Crippen LogP contribution in [0, 0.1) is 0 Å². The van der Waals surface area contributed by atoms with Gasteiger partial charge in [0.1, 0.15) is 5.65 Å². The van der Waals surface area contributed by atoms with E-state index in [0.29, 0.717) is 0 Å². The number of halogens is 1. The molecule has 0 amide bonds. The predicted molar refractivity (Wildman–Crippen MR) is 92.0 cm³/mol. The Morgan fingerprint density at radius 1 is 1.18 bits per heavy atom. The number of aromatic amines is 1. The molecule has 2 aliphatic heterocycles. The summed E-state index contributed by atoms with van der Waals surface area (Å²) in [5, 5.41) is 1.88. The number of hydrogen-bond acceptors (Lipinski definition) is 4. The van der Waals surface area contributed by atoms with Crippen LogP contribution in [0.5, 0.6) is 0 Å². The molecule has 2 aromatic rings. The predicted octanol–water partition coefficient (Wildman–Crippen LogP) is 2.74. The average molecular weight is 320 g/mol. The van der Waals surface area contributed by atoms with E-state index in [-0.39, 0.29) is 6.04 Å². The molecule has 2 saturated heterocycles. The summed E-state index contributed by atoms with van der Waals surface area (Å²) < 4.78 is 0. The first-order valence-corrected chi connectivity index (χ1v) is 8.53. The van der Waals surface area contributed by atoms with E-state index in [1.54, 1.807) is 6.20 Å². The van der Waals surface area contributed by atoms with Gasteiger partial charge in [-0.25, -0.2) is 4.98 Å². The largest absolute Gasteiger partial charge is 0.370 e. The molecule has 0 unspecified atom stereocenters. The Morgan fingerprint density at radius 3 is 2.73 bits per heavy atom. The molecule has 22 heavy (non-hydrogen) atoms. The Bertz CT molecular complexity index is 676. The van der Waals surface area contributed by atoms with Gasteiger partial charge in [0.25, 0.3) is 0 Å². The molecular formula is C16H22ClN5. The molecule has 0 radical (unpaired) electrons. The van der Waals surface area contributed by atoms with Crippen molar-refractivity contribution in [2.75, 3.05) is 36.0 Å². The van der Waals surface area contributed by atoms with Crippen molar-refractivity contribution in [3.05, 3.63) is 17.4 Å². The highest BCUT2D eigenvalue weighted by Gasteiger charge is 2.25. The van der Waals surface area contributed by atoms with E-state index in [4.69, 9.17) is 17.3 Å². The molecule has 0 aliphatic carbocycles. The third-order valence-electron chi connectivity index (χ3n) is 4.83. The van der Waals surface area contributed by atoms with Crippen LogP contribution in [0.2, 0.25) is 5.02 Å². The number of rotatable bonds is 2. The van der Waals surface area contributed by atoms with Gasteiger partial charge in [0.05, 0.1) is 28.0 Å². The number of fused-ring (bicyclic) bond motifs is 1. The molecule has 2 aromatic heterocycles. The number of nitrogens with two attached hydrogens (primary N) is 1. The second-order valence-electron chi connectivity index (χ2n) is 6.39. The van der Waals surface area contributed by atoms with E-state index in [1.807, 2.05) is 0 Å². The molecule has 4 heterocycles. The quantitative estimate of drug-likeness (QED) is 0.893. The Labute approximate surface area is 135 Å². The normalized spacial score (nSPS) is 22.7. The maximum Gasteiger partial charge on any atom is 0.141 e. The zero-order chi connectivity index (χ0) is 15.1. The van der Waals surface area contributed by atoms with Crippen LogP contribution in [0.15, 0.2) is 12.4 Å². The number of aromatic nitrogens is 2. The third-order valence-corrected chi connectivity index (χ3v) is 5.11. The van der Waals surface area contributed by atoms with Gasteiger partial charge in [-0.1, -0.05) is 11.6 Å². The molecule has 3 N–H and O–H groups in total. The van der Waals surface area contributed by atoms with Crippen molar-refractivity contribution in [2.45, 2.75) is 31.7 Å².